The molecule has 1 atom stereocenters. The first kappa shape index (κ1) is 18.8. The van der Waals surface area contributed by atoms with E-state index in [1.807, 2.05) is 0 Å². The molecule has 0 aromatic heterocycles. The number of carbonyl (C=O) groups excluding carboxylic acids is 1. The summed E-state index contributed by atoms with van der Waals surface area (Å²) in [6.07, 6.45) is -0.855. The van der Waals surface area contributed by atoms with E-state index in [0.717, 1.165) is 6.07 Å². The van der Waals surface area contributed by atoms with E-state index in [4.69, 9.17) is 4.74 Å². The van der Waals surface area contributed by atoms with E-state index in [1.165, 1.54) is 18.2 Å². The van der Waals surface area contributed by atoms with Gasteiger partial charge in [0.15, 0.2) is 0 Å². The number of nitrogens with one attached hydrogen (secondary N) is 1. The zero-order valence-electron chi connectivity index (χ0n) is 12.1. The third kappa shape index (κ3) is 5.20. The molecule has 9 heteroatoms. The maximum atomic E-state index is 13.4. The van der Waals surface area contributed by atoms with Gasteiger partial charge >= 0.3 is 9.45 Å². The molecule has 6 nitrogen and oxygen atoms in total. The van der Waals surface area contributed by atoms with E-state index in [9.17, 15) is 19.3 Å². The summed E-state index contributed by atoms with van der Waals surface area (Å²) in [5, 5.41) is 13.6. The molecule has 0 aliphatic carbocycles. The number of benzene rings is 1. The Morgan fingerprint density at radius 2 is 2.00 bits per heavy atom. The van der Waals surface area contributed by atoms with E-state index in [-0.39, 0.29) is 5.56 Å². The second-order valence-corrected chi connectivity index (χ2v) is 8.96. The van der Waals surface area contributed by atoms with E-state index >= 15 is 0 Å². The molecule has 0 radical (unpaired) electrons. The fraction of sp³-hybridized carbons (Fsp3) is 0.462. The predicted octanol–water partition coefficient (Wildman–Crippen LogP) is 4.11. The normalized spacial score (nSPS) is 13.4. The van der Waals surface area contributed by atoms with E-state index in [0.29, 0.717) is 0 Å². The molecule has 1 aromatic carbocycles. The summed E-state index contributed by atoms with van der Waals surface area (Å²) in [5.74, 6) is -0.576. The Kier molecular flexibility index (Phi) is 5.91. The summed E-state index contributed by atoms with van der Waals surface area (Å²) in [5.41, 5.74) is -0.566. The van der Waals surface area contributed by atoms with Crippen LogP contribution in [-0.2, 0) is 4.74 Å². The van der Waals surface area contributed by atoms with Gasteiger partial charge in [-0.1, -0.05) is 12.1 Å². The molecule has 0 saturated heterocycles. The first-order chi connectivity index (χ1) is 9.93. The second-order valence-electron chi connectivity index (χ2n) is 5.48. The molecule has 22 heavy (non-hydrogen) atoms. The van der Waals surface area contributed by atoms with Crippen LogP contribution in [0.2, 0.25) is 0 Å². The number of carbonyl (C=O) groups is 1. The van der Waals surface area contributed by atoms with Crippen molar-refractivity contribution in [2.24, 2.45) is 0 Å². The first-order valence-electron chi connectivity index (χ1n) is 6.21. The van der Waals surface area contributed by atoms with Crippen molar-refractivity contribution in [2.75, 3.05) is 0 Å². The number of nitro groups is 1. The number of nitrogens with zero attached hydrogens (tertiary/aromatic N) is 1. The van der Waals surface area contributed by atoms with Gasteiger partial charge in [-0.15, -0.1) is 0 Å². The van der Waals surface area contributed by atoms with Gasteiger partial charge in [0.2, 0.25) is 0 Å². The summed E-state index contributed by atoms with van der Waals surface area (Å²) in [6, 6.07) is 3.96. The lowest BCUT2D eigenvalue weighted by Gasteiger charge is -2.27. The highest BCUT2D eigenvalue weighted by Crippen LogP contribution is 2.40. The zero-order chi connectivity index (χ0) is 17.1. The van der Waals surface area contributed by atoms with Gasteiger partial charge in [0.05, 0.1) is 4.92 Å². The molecule has 0 bridgehead atoms. The van der Waals surface area contributed by atoms with Crippen LogP contribution in [-0.4, -0.2) is 20.0 Å². The minimum Gasteiger partial charge on any atom is -0.444 e. The van der Waals surface area contributed by atoms with Crippen molar-refractivity contribution in [1.29, 1.82) is 0 Å². The van der Waals surface area contributed by atoms with Crippen LogP contribution >= 0.6 is 31.9 Å². The number of alkyl carbamates (subject to hydrolysis) is 1. The van der Waals surface area contributed by atoms with Crippen LogP contribution in [0.15, 0.2) is 24.3 Å². The van der Waals surface area contributed by atoms with Crippen molar-refractivity contribution in [3.8, 4) is 0 Å². The van der Waals surface area contributed by atoms with Crippen LogP contribution in [0.25, 0.3) is 0 Å². The second kappa shape index (κ2) is 6.91. The number of hydrogen-bond acceptors (Lipinski definition) is 4. The van der Waals surface area contributed by atoms with E-state index in [2.05, 4.69) is 37.2 Å². The van der Waals surface area contributed by atoms with E-state index in [1.54, 1.807) is 20.8 Å². The van der Waals surface area contributed by atoms with Crippen molar-refractivity contribution >= 4 is 38.0 Å². The van der Waals surface area contributed by atoms with Gasteiger partial charge in [-0.05, 0) is 38.5 Å². The van der Waals surface area contributed by atoms with Crippen LogP contribution in [0, 0.1) is 15.9 Å². The minimum absolute atomic E-state index is 0.205. The monoisotopic (exact) mass is 440 g/mol. The highest BCUT2D eigenvalue weighted by atomic mass is 79.9. The third-order valence-corrected chi connectivity index (χ3v) is 3.93. The molecule has 0 fully saturated rings. The van der Waals surface area contributed by atoms with Crippen LogP contribution in [0.4, 0.5) is 9.18 Å². The summed E-state index contributed by atoms with van der Waals surface area (Å²) in [6.45, 7) is 4.98. The number of amides is 1. The quantitative estimate of drug-likeness (QED) is 0.330. The summed E-state index contributed by atoms with van der Waals surface area (Å²) < 4.78 is 16.6. The van der Waals surface area contributed by atoms with Crippen molar-refractivity contribution in [2.45, 2.75) is 35.8 Å². The Morgan fingerprint density at radius 1 is 1.41 bits per heavy atom. The van der Waals surface area contributed by atoms with Crippen molar-refractivity contribution in [3.05, 3.63) is 45.8 Å². The van der Waals surface area contributed by atoms with Gasteiger partial charge < -0.3 is 10.1 Å². The molecule has 1 rings (SSSR count). The Hall–Kier alpha value is -1.22. The summed E-state index contributed by atoms with van der Waals surface area (Å²) in [7, 11) is 0. The topological polar surface area (TPSA) is 81.5 Å². The fourth-order valence-electron chi connectivity index (χ4n) is 1.59. The molecule has 122 valence electrons. The lowest BCUT2D eigenvalue weighted by Crippen LogP contribution is -2.44. The molecule has 0 heterocycles. The highest BCUT2D eigenvalue weighted by molar-refractivity contribution is 9.25. The van der Waals surface area contributed by atoms with Gasteiger partial charge in [0.1, 0.15) is 17.5 Å². The Morgan fingerprint density at radius 3 is 2.45 bits per heavy atom. The largest absolute Gasteiger partial charge is 0.444 e. The molecular weight excluding hydrogens is 427 g/mol. The predicted molar refractivity (Wildman–Crippen MR) is 86.1 cm³/mol. The van der Waals surface area contributed by atoms with Crippen LogP contribution in [0.5, 0.6) is 0 Å². The number of ether oxygens (including phenoxy) is 1. The number of alkyl halides is 2. The molecule has 1 unspecified atom stereocenters. The number of rotatable bonds is 4. The standard InChI is InChI=1S/C13H15Br2FN2O4/c1-12(2,3)22-11(19)17-10(13(14,15)18(20)21)8-5-4-6-9(16)7-8/h4-7,10H,1-3H3,(H,17,19). The highest BCUT2D eigenvalue weighted by Gasteiger charge is 2.48. The van der Waals surface area contributed by atoms with E-state index < -0.39 is 31.8 Å². The molecule has 0 aliphatic rings. The summed E-state index contributed by atoms with van der Waals surface area (Å²) >= 11 is 5.81. The zero-order valence-corrected chi connectivity index (χ0v) is 15.3. The Bertz CT molecular complexity index is 575. The van der Waals surface area contributed by atoms with Gasteiger partial charge in [-0.3, -0.25) is 10.1 Å². The summed E-state index contributed by atoms with van der Waals surface area (Å²) in [4.78, 5) is 22.4. The average molecular weight is 442 g/mol. The molecule has 1 aromatic rings. The maximum Gasteiger partial charge on any atom is 0.408 e. The van der Waals surface area contributed by atoms with Crippen LogP contribution < -0.4 is 5.32 Å². The molecule has 0 spiro atoms. The van der Waals surface area contributed by atoms with Crippen LogP contribution in [0.1, 0.15) is 32.4 Å². The van der Waals surface area contributed by atoms with Crippen LogP contribution in [0.3, 0.4) is 0 Å². The van der Waals surface area contributed by atoms with Gasteiger partial charge in [-0.25, -0.2) is 9.18 Å². The van der Waals surface area contributed by atoms with Gasteiger partial charge in [-0.2, -0.15) is 0 Å². The molecule has 0 aliphatic heterocycles. The maximum absolute atomic E-state index is 13.4. The minimum atomic E-state index is -1.91. The average Bonchev–Trinajstić information content (AvgIpc) is 2.33. The lowest BCUT2D eigenvalue weighted by atomic mass is 10.1. The Labute approximate surface area is 143 Å². The first-order valence-corrected chi connectivity index (χ1v) is 7.79. The van der Waals surface area contributed by atoms with Gasteiger partial charge in [0.25, 0.3) is 0 Å². The van der Waals surface area contributed by atoms with Gasteiger partial charge in [0, 0.05) is 31.9 Å². The fourth-order valence-corrected chi connectivity index (χ4v) is 2.35. The third-order valence-electron chi connectivity index (χ3n) is 2.43. The Balaban J connectivity index is 3.13. The molecule has 1 amide bonds. The van der Waals surface area contributed by atoms with Crippen molar-refractivity contribution in [1.82, 2.24) is 5.32 Å². The molecule has 0 saturated carbocycles. The van der Waals surface area contributed by atoms with Crippen molar-refractivity contribution < 1.29 is 18.8 Å². The number of hydrogen-bond donors (Lipinski definition) is 1. The smallest absolute Gasteiger partial charge is 0.408 e. The van der Waals surface area contributed by atoms with Crippen molar-refractivity contribution in [3.63, 3.8) is 0 Å². The lowest BCUT2D eigenvalue weighted by molar-refractivity contribution is -0.509. The SMILES string of the molecule is CC(C)(C)OC(=O)NC(c1cccc(F)c1)C(Br)(Br)[N+](=O)[O-]. The molecular formula is C13H15Br2FN2O4. The molecule has 1 N–H and O–H groups in total. The number of halogens is 3.